The predicted octanol–water partition coefficient (Wildman–Crippen LogP) is 2.52. The minimum atomic E-state index is -0.915. The highest BCUT2D eigenvalue weighted by Gasteiger charge is 2.25. The van der Waals surface area contributed by atoms with Gasteiger partial charge in [0.15, 0.2) is 0 Å². The lowest BCUT2D eigenvalue weighted by atomic mass is 10.1. The number of benzene rings is 1. The van der Waals surface area contributed by atoms with E-state index in [1.54, 1.807) is 18.2 Å². The molecule has 6 heteroatoms. The summed E-state index contributed by atoms with van der Waals surface area (Å²) in [7, 11) is 0. The smallest absolute Gasteiger partial charge is 0.335 e. The highest BCUT2D eigenvalue weighted by atomic mass is 16.4. The Hall–Kier alpha value is -2.34. The summed E-state index contributed by atoms with van der Waals surface area (Å²) < 4.78 is 1.87. The largest absolute Gasteiger partial charge is 0.478 e. The van der Waals surface area contributed by atoms with E-state index >= 15 is 0 Å². The van der Waals surface area contributed by atoms with Crippen molar-refractivity contribution in [3.63, 3.8) is 0 Å². The Labute approximate surface area is 141 Å². The van der Waals surface area contributed by atoms with Crippen LogP contribution in [-0.2, 0) is 13.0 Å². The summed E-state index contributed by atoms with van der Waals surface area (Å²) in [5, 5.41) is 17.4. The van der Waals surface area contributed by atoms with Crippen molar-refractivity contribution in [2.24, 2.45) is 0 Å². The summed E-state index contributed by atoms with van der Waals surface area (Å²) in [5.74, 6) is 0.103. The number of piperidine rings is 1. The maximum atomic E-state index is 11.2. The summed E-state index contributed by atoms with van der Waals surface area (Å²) in [4.78, 5) is 13.7. The lowest BCUT2D eigenvalue weighted by Crippen LogP contribution is -2.29. The quantitative estimate of drug-likeness (QED) is 0.903. The van der Waals surface area contributed by atoms with Gasteiger partial charge in [0.1, 0.15) is 5.82 Å². The summed E-state index contributed by atoms with van der Waals surface area (Å²) in [6.07, 6.45) is 4.84. The molecule has 24 heavy (non-hydrogen) atoms. The number of hydrogen-bond acceptors (Lipinski definition) is 4. The van der Waals surface area contributed by atoms with Crippen molar-refractivity contribution in [1.82, 2.24) is 14.7 Å². The number of anilines is 1. The first-order valence-electron chi connectivity index (χ1n) is 8.63. The first-order valence-corrected chi connectivity index (χ1v) is 8.63. The molecule has 0 aliphatic carbocycles. The number of aromatic nitrogens is 2. The topological polar surface area (TPSA) is 70.4 Å². The van der Waals surface area contributed by atoms with E-state index in [1.165, 1.54) is 24.8 Å². The van der Waals surface area contributed by atoms with Gasteiger partial charge in [0.25, 0.3) is 0 Å². The first kappa shape index (κ1) is 15.2. The molecule has 2 aliphatic rings. The normalized spacial score (nSPS) is 17.5. The molecule has 126 valence electrons. The van der Waals surface area contributed by atoms with Gasteiger partial charge in [-0.2, -0.15) is 5.10 Å². The van der Waals surface area contributed by atoms with Crippen LogP contribution >= 0.6 is 0 Å². The third-order valence-corrected chi connectivity index (χ3v) is 4.89. The van der Waals surface area contributed by atoms with Crippen molar-refractivity contribution < 1.29 is 9.90 Å². The molecule has 0 radical (unpaired) electrons. The van der Waals surface area contributed by atoms with Crippen molar-refractivity contribution in [3.05, 3.63) is 41.1 Å². The van der Waals surface area contributed by atoms with Gasteiger partial charge in [-0.3, -0.25) is 4.90 Å². The number of carboxylic acids is 1. The van der Waals surface area contributed by atoms with Crippen molar-refractivity contribution in [1.29, 1.82) is 0 Å². The van der Waals surface area contributed by atoms with Gasteiger partial charge in [-0.1, -0.05) is 12.5 Å². The van der Waals surface area contributed by atoms with Crippen molar-refractivity contribution in [2.75, 3.05) is 25.0 Å². The van der Waals surface area contributed by atoms with Crippen LogP contribution in [0.2, 0.25) is 0 Å². The average Bonchev–Trinajstić information content (AvgIpc) is 3.20. The zero-order valence-electron chi connectivity index (χ0n) is 13.7. The molecule has 0 saturated carbocycles. The second-order valence-electron chi connectivity index (χ2n) is 6.55. The van der Waals surface area contributed by atoms with Crippen LogP contribution in [0.3, 0.4) is 0 Å². The van der Waals surface area contributed by atoms with Gasteiger partial charge in [-0.05, 0) is 50.6 Å². The Morgan fingerprint density at radius 1 is 1.25 bits per heavy atom. The molecule has 2 aromatic rings. The number of fused-ring (bicyclic) bond motifs is 1. The third-order valence-electron chi connectivity index (χ3n) is 4.89. The van der Waals surface area contributed by atoms with Crippen LogP contribution in [0, 0.1) is 0 Å². The van der Waals surface area contributed by atoms with E-state index in [0.717, 1.165) is 49.8 Å². The molecular weight excluding hydrogens is 304 g/mol. The van der Waals surface area contributed by atoms with Gasteiger partial charge >= 0.3 is 5.97 Å². The molecule has 2 aliphatic heterocycles. The Morgan fingerprint density at radius 2 is 2.08 bits per heavy atom. The number of likely N-dealkylation sites (tertiary alicyclic amines) is 1. The number of nitrogens with one attached hydrogen (secondary N) is 1. The second kappa shape index (κ2) is 6.28. The molecular formula is C18H22N4O2. The third kappa shape index (κ3) is 2.78. The van der Waals surface area contributed by atoms with Crippen LogP contribution < -0.4 is 5.32 Å². The zero-order chi connectivity index (χ0) is 16.5. The minimum Gasteiger partial charge on any atom is -0.478 e. The Bertz CT molecular complexity index is 762. The van der Waals surface area contributed by atoms with Crippen molar-refractivity contribution in [2.45, 2.75) is 32.2 Å². The highest BCUT2D eigenvalue weighted by molar-refractivity contribution is 5.88. The fourth-order valence-corrected chi connectivity index (χ4v) is 3.66. The zero-order valence-corrected chi connectivity index (χ0v) is 13.7. The molecule has 3 heterocycles. The predicted molar refractivity (Wildman–Crippen MR) is 91.8 cm³/mol. The lowest BCUT2D eigenvalue weighted by molar-refractivity contribution is 0.0697. The molecule has 6 nitrogen and oxygen atoms in total. The Kier molecular flexibility index (Phi) is 3.98. The number of aromatic carboxylic acids is 1. The molecule has 1 aromatic carbocycles. The second-order valence-corrected chi connectivity index (χ2v) is 6.55. The molecule has 1 saturated heterocycles. The number of carbonyl (C=O) groups is 1. The van der Waals surface area contributed by atoms with E-state index in [1.807, 2.05) is 10.7 Å². The molecule has 2 N–H and O–H groups in total. The van der Waals surface area contributed by atoms with E-state index in [4.69, 9.17) is 5.10 Å². The van der Waals surface area contributed by atoms with Gasteiger partial charge in [-0.25, -0.2) is 9.48 Å². The number of rotatable bonds is 4. The standard InChI is InChI=1S/C18H22N4O2/c23-18(24)13-5-4-6-14(11-13)22-17-15(7-8-19-17)16(20-22)12-21-9-2-1-3-10-21/h4-6,11,19H,1-3,7-10,12H2,(H,23,24). The Morgan fingerprint density at radius 3 is 2.88 bits per heavy atom. The maximum absolute atomic E-state index is 11.2. The highest BCUT2D eigenvalue weighted by Crippen LogP contribution is 2.30. The lowest BCUT2D eigenvalue weighted by Gasteiger charge is -2.25. The molecule has 0 spiro atoms. The van der Waals surface area contributed by atoms with Crippen LogP contribution in [0.1, 0.15) is 40.9 Å². The van der Waals surface area contributed by atoms with Crippen LogP contribution in [0.25, 0.3) is 5.69 Å². The van der Waals surface area contributed by atoms with Gasteiger partial charge in [0, 0.05) is 18.7 Å². The van der Waals surface area contributed by atoms with Crippen LogP contribution in [0.4, 0.5) is 5.82 Å². The number of hydrogen-bond donors (Lipinski definition) is 2. The fraction of sp³-hybridized carbons (Fsp3) is 0.444. The van der Waals surface area contributed by atoms with E-state index in [0.29, 0.717) is 0 Å². The first-order chi connectivity index (χ1) is 11.7. The summed E-state index contributed by atoms with van der Waals surface area (Å²) in [6, 6.07) is 6.97. The average molecular weight is 326 g/mol. The molecule has 4 rings (SSSR count). The van der Waals surface area contributed by atoms with Crippen molar-refractivity contribution in [3.8, 4) is 5.69 Å². The van der Waals surface area contributed by atoms with Gasteiger partial charge in [0.05, 0.1) is 16.9 Å². The van der Waals surface area contributed by atoms with E-state index < -0.39 is 5.97 Å². The molecule has 0 atom stereocenters. The molecule has 1 fully saturated rings. The van der Waals surface area contributed by atoms with Crippen LogP contribution in [0.5, 0.6) is 0 Å². The number of carboxylic acid groups (broad SMARTS) is 1. The van der Waals surface area contributed by atoms with E-state index in [-0.39, 0.29) is 5.56 Å². The van der Waals surface area contributed by atoms with Gasteiger partial charge in [-0.15, -0.1) is 0 Å². The van der Waals surface area contributed by atoms with E-state index in [2.05, 4.69) is 10.2 Å². The summed E-state index contributed by atoms with van der Waals surface area (Å²) in [6.45, 7) is 4.08. The summed E-state index contributed by atoms with van der Waals surface area (Å²) in [5.41, 5.74) is 3.48. The fourth-order valence-electron chi connectivity index (χ4n) is 3.66. The van der Waals surface area contributed by atoms with Gasteiger partial charge in [0.2, 0.25) is 0 Å². The molecule has 0 amide bonds. The van der Waals surface area contributed by atoms with Crippen LogP contribution in [0.15, 0.2) is 24.3 Å². The molecule has 0 bridgehead atoms. The number of nitrogens with zero attached hydrogens (tertiary/aromatic N) is 3. The van der Waals surface area contributed by atoms with Crippen LogP contribution in [-0.4, -0.2) is 45.4 Å². The Balaban J connectivity index is 1.68. The summed E-state index contributed by atoms with van der Waals surface area (Å²) >= 11 is 0. The van der Waals surface area contributed by atoms with Gasteiger partial charge < -0.3 is 10.4 Å². The monoisotopic (exact) mass is 326 g/mol. The van der Waals surface area contributed by atoms with Crippen molar-refractivity contribution >= 4 is 11.8 Å². The maximum Gasteiger partial charge on any atom is 0.335 e. The molecule has 1 aromatic heterocycles. The molecule has 0 unspecified atom stereocenters. The minimum absolute atomic E-state index is 0.285. The van der Waals surface area contributed by atoms with E-state index in [9.17, 15) is 9.90 Å². The SMILES string of the molecule is O=C(O)c1cccc(-n2nc(CN3CCCCC3)c3c2NCC3)c1.